The largest absolute Gasteiger partial charge is 0.290 e. The van der Waals surface area contributed by atoms with Crippen LogP contribution in [-0.2, 0) is 6.54 Å². The monoisotopic (exact) mass is 301 g/mol. The highest BCUT2D eigenvalue weighted by atomic mass is 32.2. The number of thioether (sulfide) groups is 1. The zero-order valence-electron chi connectivity index (χ0n) is 11.4. The van der Waals surface area contributed by atoms with Gasteiger partial charge in [0.1, 0.15) is 0 Å². The topological polar surface area (TPSA) is 93.8 Å². The van der Waals surface area contributed by atoms with Gasteiger partial charge in [0.2, 0.25) is 10.9 Å². The fourth-order valence-electron chi connectivity index (χ4n) is 2.43. The van der Waals surface area contributed by atoms with Crippen molar-refractivity contribution in [1.82, 2.24) is 34.3 Å². The minimum absolute atomic E-state index is 0.226. The lowest BCUT2D eigenvalue weighted by molar-refractivity contribution is 0.677. The summed E-state index contributed by atoms with van der Waals surface area (Å²) in [5.74, 6) is 0.425. The lowest BCUT2D eigenvalue weighted by Gasteiger charge is -2.02. The Morgan fingerprint density at radius 2 is 2.19 bits per heavy atom. The third-order valence-electron chi connectivity index (χ3n) is 3.39. The second-order valence-corrected chi connectivity index (χ2v) is 5.28. The van der Waals surface area contributed by atoms with E-state index in [0.29, 0.717) is 28.4 Å². The Bertz CT molecular complexity index is 1040. The van der Waals surface area contributed by atoms with E-state index in [-0.39, 0.29) is 5.56 Å². The van der Waals surface area contributed by atoms with Gasteiger partial charge < -0.3 is 0 Å². The van der Waals surface area contributed by atoms with E-state index in [0.717, 1.165) is 11.0 Å². The van der Waals surface area contributed by atoms with Gasteiger partial charge in [0, 0.05) is 12.7 Å². The third kappa shape index (κ3) is 1.60. The summed E-state index contributed by atoms with van der Waals surface area (Å²) in [6.45, 7) is 2.70. The van der Waals surface area contributed by atoms with E-state index in [1.807, 2.05) is 13.2 Å². The molecule has 4 aromatic heterocycles. The van der Waals surface area contributed by atoms with Gasteiger partial charge in [-0.2, -0.15) is 14.6 Å². The number of H-pyrrole nitrogens is 1. The molecule has 9 heteroatoms. The maximum absolute atomic E-state index is 12.2. The maximum atomic E-state index is 12.2. The van der Waals surface area contributed by atoms with Crippen molar-refractivity contribution in [3.05, 3.63) is 22.7 Å². The van der Waals surface area contributed by atoms with Crippen LogP contribution >= 0.6 is 11.8 Å². The van der Waals surface area contributed by atoms with Crippen LogP contribution in [0.3, 0.4) is 0 Å². The minimum atomic E-state index is -0.226. The van der Waals surface area contributed by atoms with E-state index in [9.17, 15) is 4.79 Å². The van der Waals surface area contributed by atoms with Crippen LogP contribution < -0.4 is 5.56 Å². The Hall–Kier alpha value is -2.42. The molecule has 0 amide bonds. The Morgan fingerprint density at radius 1 is 1.33 bits per heavy atom. The summed E-state index contributed by atoms with van der Waals surface area (Å²) in [6.07, 6.45) is 5.17. The molecule has 0 aliphatic heterocycles. The van der Waals surface area contributed by atoms with Crippen molar-refractivity contribution in [2.45, 2.75) is 18.6 Å². The van der Waals surface area contributed by atoms with Crippen LogP contribution in [-0.4, -0.2) is 40.6 Å². The molecule has 0 spiro atoms. The third-order valence-corrected chi connectivity index (χ3v) is 3.93. The summed E-state index contributed by atoms with van der Waals surface area (Å²) < 4.78 is 3.43. The molecule has 0 radical (unpaired) electrons. The molecule has 0 aliphatic carbocycles. The quantitative estimate of drug-likeness (QED) is 0.556. The van der Waals surface area contributed by atoms with Crippen molar-refractivity contribution < 1.29 is 0 Å². The van der Waals surface area contributed by atoms with Crippen LogP contribution in [0.4, 0.5) is 0 Å². The van der Waals surface area contributed by atoms with E-state index in [1.165, 1.54) is 11.8 Å². The molecule has 0 fully saturated rings. The highest BCUT2D eigenvalue weighted by molar-refractivity contribution is 7.98. The molecule has 4 aromatic rings. The second kappa shape index (κ2) is 4.29. The number of aryl methyl sites for hydroxylation is 1. The predicted molar refractivity (Wildman–Crippen MR) is 79.7 cm³/mol. The Labute approximate surface area is 122 Å². The lowest BCUT2D eigenvalue weighted by Crippen LogP contribution is -2.11. The average molecular weight is 301 g/mol. The number of nitrogens with one attached hydrogen (secondary N) is 1. The normalized spacial score (nSPS) is 11.9. The molecule has 106 valence electrons. The molecule has 21 heavy (non-hydrogen) atoms. The number of rotatable bonds is 2. The molecule has 4 heterocycles. The van der Waals surface area contributed by atoms with Crippen molar-refractivity contribution >= 4 is 39.5 Å². The smallest absolute Gasteiger partial charge is 0.261 e. The fourth-order valence-corrected chi connectivity index (χ4v) is 2.77. The first kappa shape index (κ1) is 12.3. The van der Waals surface area contributed by atoms with Crippen molar-refractivity contribution in [2.75, 3.05) is 6.26 Å². The predicted octanol–water partition coefficient (Wildman–Crippen LogP) is 1.06. The Morgan fingerprint density at radius 3 is 2.95 bits per heavy atom. The van der Waals surface area contributed by atoms with Gasteiger partial charge in [-0.3, -0.25) is 9.78 Å². The van der Waals surface area contributed by atoms with E-state index < -0.39 is 0 Å². The van der Waals surface area contributed by atoms with Crippen LogP contribution in [0.5, 0.6) is 0 Å². The van der Waals surface area contributed by atoms with E-state index in [2.05, 4.69) is 25.1 Å². The minimum Gasteiger partial charge on any atom is -0.290 e. The SMILES string of the molecule is CCn1ncc2c1ncc1c(=O)[nH]c3nc(SC)nn3c12. The molecular weight excluding hydrogens is 290 g/mol. The number of hydrogen-bond donors (Lipinski definition) is 1. The molecule has 0 bridgehead atoms. The number of aromatic nitrogens is 7. The van der Waals surface area contributed by atoms with E-state index in [4.69, 9.17) is 0 Å². The summed E-state index contributed by atoms with van der Waals surface area (Å²) in [5, 5.41) is 10.6. The molecule has 1 N–H and O–H groups in total. The van der Waals surface area contributed by atoms with Crippen molar-refractivity contribution in [3.8, 4) is 0 Å². The van der Waals surface area contributed by atoms with Gasteiger partial charge in [0.05, 0.1) is 22.5 Å². The van der Waals surface area contributed by atoms with Gasteiger partial charge in [0.25, 0.3) is 5.56 Å². The van der Waals surface area contributed by atoms with Gasteiger partial charge in [-0.05, 0) is 13.2 Å². The first-order valence-corrected chi connectivity index (χ1v) is 7.62. The van der Waals surface area contributed by atoms with Crippen molar-refractivity contribution in [1.29, 1.82) is 0 Å². The summed E-state index contributed by atoms with van der Waals surface area (Å²) in [7, 11) is 0. The fraction of sp³-hybridized carbons (Fsp3) is 0.250. The summed E-state index contributed by atoms with van der Waals surface area (Å²) in [6, 6.07) is 0. The van der Waals surface area contributed by atoms with Gasteiger partial charge in [-0.25, -0.2) is 9.67 Å². The van der Waals surface area contributed by atoms with Crippen LogP contribution in [0.1, 0.15) is 6.92 Å². The molecule has 0 saturated carbocycles. The van der Waals surface area contributed by atoms with Gasteiger partial charge >= 0.3 is 0 Å². The highest BCUT2D eigenvalue weighted by Gasteiger charge is 2.15. The standard InChI is InChI=1S/C12H11N7OS/c1-3-18-9-6(5-14-18)8-7(4-13-9)10(20)15-11-16-12(21-2)17-19(8)11/h4-5H,3H2,1-2H3,(H,15,16,17,20). The van der Waals surface area contributed by atoms with Gasteiger partial charge in [-0.15, -0.1) is 5.10 Å². The van der Waals surface area contributed by atoms with Gasteiger partial charge in [-0.1, -0.05) is 11.8 Å². The molecule has 0 atom stereocenters. The van der Waals surface area contributed by atoms with E-state index in [1.54, 1.807) is 21.6 Å². The Kier molecular flexibility index (Phi) is 2.52. The molecule has 0 unspecified atom stereocenters. The maximum Gasteiger partial charge on any atom is 0.261 e. The van der Waals surface area contributed by atoms with Crippen LogP contribution in [0.25, 0.3) is 27.7 Å². The Balaban J connectivity index is 2.29. The number of nitrogens with zero attached hydrogens (tertiary/aromatic N) is 6. The number of hydrogen-bond acceptors (Lipinski definition) is 6. The molecule has 4 rings (SSSR count). The lowest BCUT2D eigenvalue weighted by atomic mass is 10.2. The van der Waals surface area contributed by atoms with Gasteiger partial charge in [0.15, 0.2) is 5.65 Å². The summed E-state index contributed by atoms with van der Waals surface area (Å²) in [5.41, 5.74) is 1.19. The van der Waals surface area contributed by atoms with Crippen molar-refractivity contribution in [2.24, 2.45) is 0 Å². The van der Waals surface area contributed by atoms with Crippen LogP contribution in [0.2, 0.25) is 0 Å². The summed E-state index contributed by atoms with van der Waals surface area (Å²) in [4.78, 5) is 23.6. The van der Waals surface area contributed by atoms with Crippen LogP contribution in [0, 0.1) is 0 Å². The van der Waals surface area contributed by atoms with Crippen LogP contribution in [0.15, 0.2) is 22.3 Å². The average Bonchev–Trinajstić information content (AvgIpc) is 3.09. The molecule has 0 aromatic carbocycles. The molecule has 0 saturated heterocycles. The number of aromatic amines is 1. The molecular formula is C12H11N7OS. The number of fused-ring (bicyclic) bond motifs is 5. The highest BCUT2D eigenvalue weighted by Crippen LogP contribution is 2.22. The molecule has 8 nitrogen and oxygen atoms in total. The summed E-state index contributed by atoms with van der Waals surface area (Å²) >= 11 is 1.42. The van der Waals surface area contributed by atoms with E-state index >= 15 is 0 Å². The zero-order chi connectivity index (χ0) is 14.6. The molecule has 0 aliphatic rings. The van der Waals surface area contributed by atoms with Crippen molar-refractivity contribution in [3.63, 3.8) is 0 Å². The first-order valence-electron chi connectivity index (χ1n) is 6.40. The second-order valence-electron chi connectivity index (χ2n) is 4.51. The first-order chi connectivity index (χ1) is 10.2. The zero-order valence-corrected chi connectivity index (χ0v) is 12.2. The number of pyridine rings is 1.